The molecule has 4 nitrogen and oxygen atoms in total. The van der Waals surface area contributed by atoms with Crippen molar-refractivity contribution in [3.05, 3.63) is 0 Å². The first kappa shape index (κ1) is 15.8. The van der Waals surface area contributed by atoms with E-state index in [0.29, 0.717) is 0 Å². The van der Waals surface area contributed by atoms with E-state index in [1.807, 2.05) is 0 Å². The number of ether oxygens (including phenoxy) is 1. The number of nitrogens with zero attached hydrogens (tertiary/aromatic N) is 1. The van der Waals surface area contributed by atoms with Gasteiger partial charge in [-0.05, 0) is 39.9 Å². The number of likely N-dealkylation sites (N-methyl/N-ethyl adjacent to an activating group) is 2. The molecule has 0 aromatic rings. The summed E-state index contributed by atoms with van der Waals surface area (Å²) < 4.78 is 5.03. The van der Waals surface area contributed by atoms with Gasteiger partial charge in [0.25, 0.3) is 0 Å². The van der Waals surface area contributed by atoms with Crippen LogP contribution in [0.4, 0.5) is 0 Å². The lowest BCUT2D eigenvalue weighted by atomic mass is 9.96. The predicted molar refractivity (Wildman–Crippen MR) is 67.8 cm³/mol. The second-order valence-corrected chi connectivity index (χ2v) is 4.65. The fourth-order valence-electron chi connectivity index (χ4n) is 1.75. The number of aliphatic hydroxyl groups excluding tert-OH is 1. The van der Waals surface area contributed by atoms with Gasteiger partial charge in [-0.3, -0.25) is 0 Å². The first-order chi connectivity index (χ1) is 7.58. The molecular formula is C12H28N2O2. The van der Waals surface area contributed by atoms with E-state index in [9.17, 15) is 5.11 Å². The molecule has 98 valence electrons. The number of nitrogens with one attached hydrogen (secondary N) is 1. The van der Waals surface area contributed by atoms with Crippen molar-refractivity contribution in [2.45, 2.75) is 32.2 Å². The summed E-state index contributed by atoms with van der Waals surface area (Å²) in [5.41, 5.74) is -0.128. The highest BCUT2D eigenvalue weighted by Crippen LogP contribution is 2.11. The fraction of sp³-hybridized carbons (Fsp3) is 1.00. The Balaban J connectivity index is 3.69. The van der Waals surface area contributed by atoms with E-state index >= 15 is 0 Å². The highest BCUT2D eigenvalue weighted by atomic mass is 16.5. The first-order valence-electron chi connectivity index (χ1n) is 6.11. The Bertz CT molecular complexity index is 167. The van der Waals surface area contributed by atoms with Gasteiger partial charge in [-0.1, -0.05) is 6.92 Å². The van der Waals surface area contributed by atoms with Gasteiger partial charge in [0.2, 0.25) is 0 Å². The van der Waals surface area contributed by atoms with Crippen LogP contribution in [-0.2, 0) is 4.74 Å². The van der Waals surface area contributed by atoms with Gasteiger partial charge in [0.05, 0.1) is 13.2 Å². The molecule has 0 saturated heterocycles. The minimum absolute atomic E-state index is 0.128. The Kier molecular flexibility index (Phi) is 8.84. The normalized spacial score (nSPS) is 15.4. The zero-order chi connectivity index (χ0) is 12.4. The molecule has 0 bridgehead atoms. The summed E-state index contributed by atoms with van der Waals surface area (Å²) in [7, 11) is 3.82. The molecule has 0 amide bonds. The molecule has 1 atom stereocenters. The monoisotopic (exact) mass is 232 g/mol. The SMILES string of the molecule is CCNC(C)(CO)CCCN(C)CCOC. The van der Waals surface area contributed by atoms with Crippen LogP contribution in [-0.4, -0.2) is 62.6 Å². The minimum atomic E-state index is -0.128. The number of hydrogen-bond donors (Lipinski definition) is 2. The summed E-state index contributed by atoms with van der Waals surface area (Å²) in [6.45, 7) is 8.03. The molecule has 0 aliphatic carbocycles. The second kappa shape index (κ2) is 8.93. The molecule has 0 rings (SSSR count). The van der Waals surface area contributed by atoms with Gasteiger partial charge in [0.15, 0.2) is 0 Å². The smallest absolute Gasteiger partial charge is 0.0610 e. The predicted octanol–water partition coefficient (Wildman–Crippen LogP) is 0.705. The van der Waals surface area contributed by atoms with Crippen molar-refractivity contribution in [1.29, 1.82) is 0 Å². The molecule has 0 aromatic carbocycles. The molecule has 0 saturated carbocycles. The van der Waals surface area contributed by atoms with E-state index in [1.54, 1.807) is 7.11 Å². The molecule has 0 heterocycles. The van der Waals surface area contributed by atoms with E-state index in [2.05, 4.69) is 31.1 Å². The van der Waals surface area contributed by atoms with Crippen LogP contribution in [0.1, 0.15) is 26.7 Å². The van der Waals surface area contributed by atoms with Gasteiger partial charge >= 0.3 is 0 Å². The number of rotatable bonds is 10. The van der Waals surface area contributed by atoms with E-state index in [1.165, 1.54) is 0 Å². The lowest BCUT2D eigenvalue weighted by Gasteiger charge is -2.29. The summed E-state index contributed by atoms with van der Waals surface area (Å²) in [5, 5.41) is 12.7. The van der Waals surface area contributed by atoms with E-state index in [-0.39, 0.29) is 12.1 Å². The summed E-state index contributed by atoms with van der Waals surface area (Å²) in [5.74, 6) is 0. The van der Waals surface area contributed by atoms with Crippen molar-refractivity contribution in [1.82, 2.24) is 10.2 Å². The van der Waals surface area contributed by atoms with Gasteiger partial charge in [0, 0.05) is 19.2 Å². The Morgan fingerprint density at radius 1 is 1.38 bits per heavy atom. The zero-order valence-corrected chi connectivity index (χ0v) is 11.3. The highest BCUT2D eigenvalue weighted by Gasteiger charge is 2.20. The Labute approximate surface area is 100.0 Å². The third-order valence-electron chi connectivity index (χ3n) is 2.90. The molecule has 0 spiro atoms. The van der Waals surface area contributed by atoms with Crippen molar-refractivity contribution in [2.24, 2.45) is 0 Å². The summed E-state index contributed by atoms with van der Waals surface area (Å²) in [4.78, 5) is 2.26. The quantitative estimate of drug-likeness (QED) is 0.582. The zero-order valence-electron chi connectivity index (χ0n) is 11.3. The summed E-state index contributed by atoms with van der Waals surface area (Å²) in [6, 6.07) is 0. The lowest BCUT2D eigenvalue weighted by Crippen LogP contribution is -2.46. The van der Waals surface area contributed by atoms with Crippen molar-refractivity contribution in [2.75, 3.05) is 47.0 Å². The molecule has 1 unspecified atom stereocenters. The average Bonchev–Trinajstić information content (AvgIpc) is 2.26. The van der Waals surface area contributed by atoms with Gasteiger partial charge < -0.3 is 20.1 Å². The van der Waals surface area contributed by atoms with Crippen LogP contribution in [0.3, 0.4) is 0 Å². The van der Waals surface area contributed by atoms with Gasteiger partial charge in [0.1, 0.15) is 0 Å². The highest BCUT2D eigenvalue weighted by molar-refractivity contribution is 4.81. The van der Waals surface area contributed by atoms with Gasteiger partial charge in [-0.15, -0.1) is 0 Å². The van der Waals surface area contributed by atoms with Crippen LogP contribution in [0.5, 0.6) is 0 Å². The van der Waals surface area contributed by atoms with Crippen molar-refractivity contribution < 1.29 is 9.84 Å². The number of hydrogen-bond acceptors (Lipinski definition) is 4. The Morgan fingerprint density at radius 3 is 2.56 bits per heavy atom. The van der Waals surface area contributed by atoms with Crippen LogP contribution < -0.4 is 5.32 Å². The first-order valence-corrected chi connectivity index (χ1v) is 6.11. The van der Waals surface area contributed by atoms with E-state index in [0.717, 1.165) is 39.1 Å². The van der Waals surface area contributed by atoms with Crippen LogP contribution in [0, 0.1) is 0 Å². The molecule has 0 aliphatic heterocycles. The number of methoxy groups -OCH3 is 1. The maximum absolute atomic E-state index is 9.33. The molecule has 0 radical (unpaired) electrons. The fourth-order valence-corrected chi connectivity index (χ4v) is 1.75. The molecule has 0 aliphatic rings. The molecular weight excluding hydrogens is 204 g/mol. The third-order valence-corrected chi connectivity index (χ3v) is 2.90. The Hall–Kier alpha value is -0.160. The summed E-state index contributed by atoms with van der Waals surface area (Å²) >= 11 is 0. The van der Waals surface area contributed by atoms with Crippen molar-refractivity contribution in [3.63, 3.8) is 0 Å². The minimum Gasteiger partial charge on any atom is -0.394 e. The third kappa shape index (κ3) is 7.17. The van der Waals surface area contributed by atoms with E-state index in [4.69, 9.17) is 4.74 Å². The largest absolute Gasteiger partial charge is 0.394 e. The van der Waals surface area contributed by atoms with Gasteiger partial charge in [-0.2, -0.15) is 0 Å². The summed E-state index contributed by atoms with van der Waals surface area (Å²) in [6.07, 6.45) is 2.08. The lowest BCUT2D eigenvalue weighted by molar-refractivity contribution is 0.146. The average molecular weight is 232 g/mol. The maximum atomic E-state index is 9.33. The molecule has 4 heteroatoms. The standard InChI is InChI=1S/C12H28N2O2/c1-5-13-12(2,11-15)7-6-8-14(3)9-10-16-4/h13,15H,5-11H2,1-4H3. The van der Waals surface area contributed by atoms with Crippen LogP contribution >= 0.6 is 0 Å². The van der Waals surface area contributed by atoms with E-state index < -0.39 is 0 Å². The molecule has 2 N–H and O–H groups in total. The topological polar surface area (TPSA) is 44.7 Å². The molecule has 0 fully saturated rings. The van der Waals surface area contributed by atoms with Crippen LogP contribution in [0.25, 0.3) is 0 Å². The molecule has 0 aromatic heterocycles. The van der Waals surface area contributed by atoms with Crippen molar-refractivity contribution >= 4 is 0 Å². The Morgan fingerprint density at radius 2 is 2.06 bits per heavy atom. The van der Waals surface area contributed by atoms with Crippen LogP contribution in [0.15, 0.2) is 0 Å². The second-order valence-electron chi connectivity index (χ2n) is 4.65. The molecule has 16 heavy (non-hydrogen) atoms. The van der Waals surface area contributed by atoms with Gasteiger partial charge in [-0.25, -0.2) is 0 Å². The van der Waals surface area contributed by atoms with Crippen molar-refractivity contribution in [3.8, 4) is 0 Å². The maximum Gasteiger partial charge on any atom is 0.0610 e. The van der Waals surface area contributed by atoms with Crippen LogP contribution in [0.2, 0.25) is 0 Å². The number of aliphatic hydroxyl groups is 1.